The first-order valence-corrected chi connectivity index (χ1v) is 18.2. The summed E-state index contributed by atoms with van der Waals surface area (Å²) >= 11 is 6.82. The SMILES string of the molecule is CC(C)(C)[Si](Oc1ccc(C2(C(O)c3ccc(F)c(Br)c3)SCCCS2)cc1)(c1ccccc1)c1ccccc1. The lowest BCUT2D eigenvalue weighted by molar-refractivity contribution is 0.163. The van der Waals surface area contributed by atoms with Crippen molar-refractivity contribution >= 4 is 58.1 Å². The Morgan fingerprint density at radius 1 is 0.850 bits per heavy atom. The van der Waals surface area contributed by atoms with Crippen molar-refractivity contribution in [1.29, 1.82) is 0 Å². The Morgan fingerprint density at radius 3 is 1.90 bits per heavy atom. The van der Waals surface area contributed by atoms with Crippen molar-refractivity contribution in [2.45, 2.75) is 42.4 Å². The number of hydrogen-bond acceptors (Lipinski definition) is 4. The molecule has 4 aromatic carbocycles. The Balaban J connectivity index is 1.55. The van der Waals surface area contributed by atoms with Crippen LogP contribution in [0, 0.1) is 5.82 Å². The molecule has 0 bridgehead atoms. The minimum Gasteiger partial charge on any atom is -0.534 e. The topological polar surface area (TPSA) is 29.5 Å². The summed E-state index contributed by atoms with van der Waals surface area (Å²) in [5.41, 5.74) is 1.73. The maximum Gasteiger partial charge on any atom is 0.319 e. The molecule has 1 atom stereocenters. The van der Waals surface area contributed by atoms with Crippen LogP contribution >= 0.6 is 39.5 Å². The summed E-state index contributed by atoms with van der Waals surface area (Å²) in [5.74, 6) is 2.39. The van der Waals surface area contributed by atoms with Gasteiger partial charge in [-0.2, -0.15) is 0 Å². The van der Waals surface area contributed by atoms with Crippen molar-refractivity contribution in [2.24, 2.45) is 0 Å². The number of benzene rings is 4. The second-order valence-electron chi connectivity index (χ2n) is 11.1. The monoisotopic (exact) mass is 652 g/mol. The number of aliphatic hydroxyl groups excluding tert-OH is 1. The van der Waals surface area contributed by atoms with E-state index in [1.165, 1.54) is 16.4 Å². The molecule has 1 unspecified atom stereocenters. The fraction of sp³-hybridized carbons (Fsp3) is 0.273. The van der Waals surface area contributed by atoms with Crippen LogP contribution in [-0.4, -0.2) is 24.9 Å². The van der Waals surface area contributed by atoms with Gasteiger partial charge in [0.25, 0.3) is 0 Å². The fourth-order valence-electron chi connectivity index (χ4n) is 5.51. The van der Waals surface area contributed by atoms with E-state index in [1.54, 1.807) is 35.7 Å². The summed E-state index contributed by atoms with van der Waals surface area (Å²) in [6.07, 6.45) is 0.287. The molecule has 1 saturated heterocycles. The number of aliphatic hydroxyl groups is 1. The summed E-state index contributed by atoms with van der Waals surface area (Å²) in [7, 11) is -2.75. The molecule has 4 aromatic rings. The molecule has 0 amide bonds. The second kappa shape index (κ2) is 12.1. The molecule has 208 valence electrons. The summed E-state index contributed by atoms with van der Waals surface area (Å²) in [6, 6.07) is 34.3. The highest BCUT2D eigenvalue weighted by atomic mass is 79.9. The molecular weight excluding hydrogens is 619 g/mol. The van der Waals surface area contributed by atoms with Gasteiger partial charge in [0.05, 0.1) is 4.47 Å². The van der Waals surface area contributed by atoms with Crippen LogP contribution in [0.5, 0.6) is 5.75 Å². The van der Waals surface area contributed by atoms with Gasteiger partial charge in [0.1, 0.15) is 21.7 Å². The zero-order chi connectivity index (χ0) is 28.4. The lowest BCUT2D eigenvalue weighted by atomic mass is 10.00. The molecule has 1 heterocycles. The Labute approximate surface area is 255 Å². The molecule has 2 nitrogen and oxygen atoms in total. The number of thioether (sulfide) groups is 2. The average molecular weight is 654 g/mol. The maximum atomic E-state index is 14.0. The normalized spacial score (nSPS) is 16.4. The van der Waals surface area contributed by atoms with Gasteiger partial charge in [-0.05, 0) is 84.7 Å². The molecule has 0 aliphatic carbocycles. The van der Waals surface area contributed by atoms with Gasteiger partial charge < -0.3 is 9.53 Å². The van der Waals surface area contributed by atoms with Gasteiger partial charge in [-0.15, -0.1) is 23.5 Å². The van der Waals surface area contributed by atoms with Gasteiger partial charge in [0, 0.05) is 0 Å². The minimum absolute atomic E-state index is 0.142. The summed E-state index contributed by atoms with van der Waals surface area (Å²) in [6.45, 7) is 6.82. The molecule has 1 aliphatic heterocycles. The van der Waals surface area contributed by atoms with E-state index in [9.17, 15) is 9.50 Å². The van der Waals surface area contributed by atoms with Crippen molar-refractivity contribution < 1.29 is 13.9 Å². The largest absolute Gasteiger partial charge is 0.534 e. The van der Waals surface area contributed by atoms with Crippen molar-refractivity contribution in [3.05, 3.63) is 125 Å². The van der Waals surface area contributed by atoms with E-state index >= 15 is 0 Å². The van der Waals surface area contributed by atoms with Crippen molar-refractivity contribution in [3.8, 4) is 5.75 Å². The zero-order valence-corrected chi connectivity index (χ0v) is 27.2. The first-order valence-electron chi connectivity index (χ1n) is 13.5. The van der Waals surface area contributed by atoms with Crippen LogP contribution in [0.15, 0.2) is 108 Å². The van der Waals surface area contributed by atoms with E-state index < -0.39 is 18.5 Å². The van der Waals surface area contributed by atoms with Gasteiger partial charge in [-0.3, -0.25) is 0 Å². The smallest absolute Gasteiger partial charge is 0.319 e. The standard InChI is InChI=1S/C33H34BrFO2S2Si/c1-32(2,3)40(27-11-6-4-7-12-27,28-13-8-5-9-14-28)37-26-18-16-25(17-19-26)33(38-21-10-22-39-33)31(36)24-15-20-30(35)29(34)23-24/h4-9,11-20,23,31,36H,10,21-22H2,1-3H3. The van der Waals surface area contributed by atoms with Crippen LogP contribution in [-0.2, 0) is 4.08 Å². The first-order chi connectivity index (χ1) is 19.2. The van der Waals surface area contributed by atoms with Gasteiger partial charge in [0.2, 0.25) is 0 Å². The van der Waals surface area contributed by atoms with E-state index in [-0.39, 0.29) is 10.9 Å². The quantitative estimate of drug-likeness (QED) is 0.203. The molecule has 1 fully saturated rings. The van der Waals surface area contributed by atoms with E-state index in [2.05, 4.69) is 122 Å². The molecule has 5 rings (SSSR count). The van der Waals surface area contributed by atoms with Crippen molar-refractivity contribution in [1.82, 2.24) is 0 Å². The molecule has 1 aliphatic rings. The molecule has 0 spiro atoms. The highest BCUT2D eigenvalue weighted by Gasteiger charge is 2.52. The maximum absolute atomic E-state index is 14.0. The highest BCUT2D eigenvalue weighted by molar-refractivity contribution is 9.10. The Kier molecular flexibility index (Phi) is 8.88. The van der Waals surface area contributed by atoms with Crippen LogP contribution in [0.2, 0.25) is 5.04 Å². The first kappa shape index (κ1) is 29.5. The van der Waals surface area contributed by atoms with E-state index in [0.29, 0.717) is 10.0 Å². The molecular formula is C33H34BrFO2S2Si. The Bertz CT molecular complexity index is 1380. The van der Waals surface area contributed by atoms with Gasteiger partial charge in [0.15, 0.2) is 0 Å². The molecule has 0 radical (unpaired) electrons. The number of halogens is 2. The molecule has 40 heavy (non-hydrogen) atoms. The minimum atomic E-state index is -2.75. The van der Waals surface area contributed by atoms with Gasteiger partial charge in [-0.25, -0.2) is 4.39 Å². The Morgan fingerprint density at radius 2 is 1.40 bits per heavy atom. The molecule has 7 heteroatoms. The van der Waals surface area contributed by atoms with Crippen molar-refractivity contribution in [3.63, 3.8) is 0 Å². The molecule has 1 N–H and O–H groups in total. The summed E-state index contributed by atoms with van der Waals surface area (Å²) in [5, 5.41) is 14.0. The van der Waals surface area contributed by atoms with Crippen LogP contribution < -0.4 is 14.8 Å². The van der Waals surface area contributed by atoms with Gasteiger partial charge >= 0.3 is 8.32 Å². The second-order valence-corrected chi connectivity index (χ2v) is 19.1. The third-order valence-corrected chi connectivity index (χ3v) is 16.5. The van der Waals surface area contributed by atoms with E-state index in [1.807, 2.05) is 0 Å². The summed E-state index contributed by atoms with van der Waals surface area (Å²) in [4.78, 5) is 0. The van der Waals surface area contributed by atoms with Crippen LogP contribution in [0.4, 0.5) is 4.39 Å². The lowest BCUT2D eigenvalue weighted by Gasteiger charge is -2.43. The third-order valence-electron chi connectivity index (χ3n) is 7.49. The third kappa shape index (κ3) is 5.56. The zero-order valence-electron chi connectivity index (χ0n) is 22.9. The predicted molar refractivity (Wildman–Crippen MR) is 175 cm³/mol. The van der Waals surface area contributed by atoms with Crippen molar-refractivity contribution in [2.75, 3.05) is 11.5 Å². The van der Waals surface area contributed by atoms with E-state index in [0.717, 1.165) is 29.2 Å². The number of hydrogen-bond donors (Lipinski definition) is 1. The lowest BCUT2D eigenvalue weighted by Crippen LogP contribution is -2.68. The van der Waals surface area contributed by atoms with E-state index in [4.69, 9.17) is 4.43 Å². The Hall–Kier alpha value is -2.03. The van der Waals surface area contributed by atoms with Crippen LogP contribution in [0.1, 0.15) is 44.4 Å². The van der Waals surface area contributed by atoms with Gasteiger partial charge in [-0.1, -0.05) is 99.6 Å². The van der Waals surface area contributed by atoms with Crippen LogP contribution in [0.3, 0.4) is 0 Å². The average Bonchev–Trinajstić information content (AvgIpc) is 2.98. The van der Waals surface area contributed by atoms with Crippen LogP contribution in [0.25, 0.3) is 0 Å². The molecule has 0 saturated carbocycles. The fourth-order valence-corrected chi connectivity index (χ4v) is 13.7. The molecule has 0 aromatic heterocycles. The predicted octanol–water partition coefficient (Wildman–Crippen LogP) is 8.28. The summed E-state index contributed by atoms with van der Waals surface area (Å²) < 4.78 is 21.0. The highest BCUT2D eigenvalue weighted by Crippen LogP contribution is 2.57. The number of rotatable bonds is 7.